The van der Waals surface area contributed by atoms with Crippen molar-refractivity contribution in [3.05, 3.63) is 66.2 Å². The number of nitrogens with one attached hydrogen (secondary N) is 2. The molecule has 2 heterocycles. The van der Waals surface area contributed by atoms with Crippen molar-refractivity contribution in [3.63, 3.8) is 0 Å². The first-order valence-corrected chi connectivity index (χ1v) is 7.67. The summed E-state index contributed by atoms with van der Waals surface area (Å²) >= 11 is 0. The van der Waals surface area contributed by atoms with Crippen LogP contribution in [0.1, 0.15) is 18.2 Å². The molecule has 1 atom stereocenters. The van der Waals surface area contributed by atoms with Crippen molar-refractivity contribution in [1.29, 1.82) is 0 Å². The summed E-state index contributed by atoms with van der Waals surface area (Å²) in [6.45, 7) is 1.98. The highest BCUT2D eigenvalue weighted by Gasteiger charge is 2.26. The topological polar surface area (TPSA) is 87.4 Å². The molecule has 0 saturated carbocycles. The van der Waals surface area contributed by atoms with Gasteiger partial charge in [-0.2, -0.15) is 0 Å². The Hall–Kier alpha value is -2.86. The molecule has 0 fully saturated rings. The summed E-state index contributed by atoms with van der Waals surface area (Å²) in [6.07, 6.45) is 3.21. The largest absolute Gasteiger partial charge is 0.466 e. The molecule has 3 aromatic rings. The van der Waals surface area contributed by atoms with Gasteiger partial charge >= 0.3 is 6.03 Å². The van der Waals surface area contributed by atoms with E-state index >= 15 is 0 Å². The van der Waals surface area contributed by atoms with E-state index in [2.05, 4.69) is 15.6 Å². The van der Waals surface area contributed by atoms with E-state index in [1.54, 1.807) is 25.3 Å². The summed E-state index contributed by atoms with van der Waals surface area (Å²) in [4.78, 5) is 16.3. The van der Waals surface area contributed by atoms with Crippen LogP contribution in [0.5, 0.6) is 0 Å². The highest BCUT2D eigenvalue weighted by molar-refractivity contribution is 5.82. The van der Waals surface area contributed by atoms with Crippen molar-refractivity contribution in [1.82, 2.24) is 15.6 Å². The first kappa shape index (κ1) is 16.0. The first-order valence-electron chi connectivity index (χ1n) is 7.67. The minimum absolute atomic E-state index is 0.0418. The molecule has 1 aromatic carbocycles. The Kier molecular flexibility index (Phi) is 4.48. The van der Waals surface area contributed by atoms with E-state index in [-0.39, 0.29) is 12.6 Å². The van der Waals surface area contributed by atoms with Gasteiger partial charge in [-0.3, -0.25) is 4.98 Å². The smallest absolute Gasteiger partial charge is 0.315 e. The molecule has 3 rings (SSSR count). The number of furan rings is 1. The molecule has 1 unspecified atom stereocenters. The summed E-state index contributed by atoms with van der Waals surface area (Å²) in [5.74, 6) is 0.404. The number of hydrogen-bond donors (Lipinski definition) is 3. The molecule has 0 aliphatic heterocycles. The highest BCUT2D eigenvalue weighted by Crippen LogP contribution is 2.19. The van der Waals surface area contributed by atoms with E-state index in [0.717, 1.165) is 16.5 Å². The Balaban J connectivity index is 1.58. The summed E-state index contributed by atoms with van der Waals surface area (Å²) in [5, 5.41) is 16.8. The monoisotopic (exact) mass is 325 g/mol. The average Bonchev–Trinajstić information content (AvgIpc) is 3.14. The van der Waals surface area contributed by atoms with Crippen LogP contribution in [0, 0.1) is 0 Å². The van der Waals surface area contributed by atoms with Crippen LogP contribution in [0.2, 0.25) is 0 Å². The lowest BCUT2D eigenvalue weighted by Gasteiger charge is -2.21. The standard InChI is InChI=1S/C18H19N3O3/c1-18(23,15-8-4-10-24-15)12-21-17(22)20-11-14-6-2-5-13-7-3-9-19-16(13)14/h2-10,23H,11-12H2,1H3,(H2,20,21,22). The lowest BCUT2D eigenvalue weighted by atomic mass is 10.0. The number of carbonyl (C=O) groups is 1. The van der Waals surface area contributed by atoms with Gasteiger partial charge in [-0.25, -0.2) is 4.79 Å². The second-order valence-corrected chi connectivity index (χ2v) is 5.78. The van der Waals surface area contributed by atoms with Crippen molar-refractivity contribution in [2.45, 2.75) is 19.1 Å². The van der Waals surface area contributed by atoms with E-state index in [1.165, 1.54) is 6.26 Å². The Morgan fingerprint density at radius 3 is 2.83 bits per heavy atom. The third-order valence-electron chi connectivity index (χ3n) is 3.80. The van der Waals surface area contributed by atoms with Gasteiger partial charge in [0.25, 0.3) is 0 Å². The maximum absolute atomic E-state index is 12.0. The Bertz CT molecular complexity index is 823. The fourth-order valence-corrected chi connectivity index (χ4v) is 2.47. The number of hydrogen-bond acceptors (Lipinski definition) is 4. The summed E-state index contributed by atoms with van der Waals surface area (Å²) < 4.78 is 5.18. The number of para-hydroxylation sites is 1. The average molecular weight is 325 g/mol. The number of fused-ring (bicyclic) bond motifs is 1. The third-order valence-corrected chi connectivity index (χ3v) is 3.80. The molecule has 6 nitrogen and oxygen atoms in total. The number of rotatable bonds is 5. The van der Waals surface area contributed by atoms with E-state index < -0.39 is 5.60 Å². The molecular formula is C18H19N3O3. The lowest BCUT2D eigenvalue weighted by Crippen LogP contribution is -2.43. The number of aromatic nitrogens is 1. The van der Waals surface area contributed by atoms with Crippen molar-refractivity contribution in [2.75, 3.05) is 6.54 Å². The van der Waals surface area contributed by atoms with E-state index in [0.29, 0.717) is 12.3 Å². The molecule has 2 aromatic heterocycles. The van der Waals surface area contributed by atoms with Crippen LogP contribution in [-0.2, 0) is 12.1 Å². The third kappa shape index (κ3) is 3.55. The minimum atomic E-state index is -1.26. The Morgan fingerprint density at radius 1 is 1.21 bits per heavy atom. The molecule has 0 spiro atoms. The number of nitrogens with zero attached hydrogens (tertiary/aromatic N) is 1. The molecule has 0 saturated heterocycles. The number of pyridine rings is 1. The predicted molar refractivity (Wildman–Crippen MR) is 90.3 cm³/mol. The van der Waals surface area contributed by atoms with E-state index in [1.807, 2.05) is 30.3 Å². The van der Waals surface area contributed by atoms with Gasteiger partial charge in [-0.05, 0) is 30.7 Å². The number of benzene rings is 1. The van der Waals surface area contributed by atoms with Gasteiger partial charge in [0.05, 0.1) is 18.3 Å². The predicted octanol–water partition coefficient (Wildman–Crippen LogP) is 2.53. The number of urea groups is 1. The van der Waals surface area contributed by atoms with Crippen LogP contribution < -0.4 is 10.6 Å². The maximum Gasteiger partial charge on any atom is 0.315 e. The quantitative estimate of drug-likeness (QED) is 0.673. The Labute approximate surface area is 139 Å². The summed E-state index contributed by atoms with van der Waals surface area (Å²) in [6, 6.07) is 12.7. The van der Waals surface area contributed by atoms with E-state index in [4.69, 9.17) is 4.42 Å². The minimum Gasteiger partial charge on any atom is -0.466 e. The van der Waals surface area contributed by atoms with Crippen molar-refractivity contribution < 1.29 is 14.3 Å². The zero-order valence-electron chi connectivity index (χ0n) is 13.3. The number of aliphatic hydroxyl groups is 1. The fraction of sp³-hybridized carbons (Fsp3) is 0.222. The zero-order chi connectivity index (χ0) is 17.0. The van der Waals surface area contributed by atoms with Crippen molar-refractivity contribution >= 4 is 16.9 Å². The molecule has 0 bridgehead atoms. The molecule has 0 aliphatic carbocycles. The van der Waals surface area contributed by atoms with Crippen molar-refractivity contribution in [2.24, 2.45) is 0 Å². The molecular weight excluding hydrogens is 306 g/mol. The van der Waals surface area contributed by atoms with Gasteiger partial charge in [0.1, 0.15) is 11.4 Å². The zero-order valence-corrected chi connectivity index (χ0v) is 13.3. The highest BCUT2D eigenvalue weighted by atomic mass is 16.4. The van der Waals surface area contributed by atoms with Crippen LogP contribution in [-0.4, -0.2) is 22.7 Å². The first-order chi connectivity index (χ1) is 11.6. The fourth-order valence-electron chi connectivity index (χ4n) is 2.47. The van der Waals surface area contributed by atoms with Gasteiger partial charge in [-0.1, -0.05) is 24.3 Å². The molecule has 3 N–H and O–H groups in total. The second-order valence-electron chi connectivity index (χ2n) is 5.78. The van der Waals surface area contributed by atoms with Crippen LogP contribution in [0.15, 0.2) is 59.3 Å². The maximum atomic E-state index is 12.0. The summed E-state index contributed by atoms with van der Waals surface area (Å²) in [5.41, 5.74) is 0.533. The van der Waals surface area contributed by atoms with Crippen LogP contribution >= 0.6 is 0 Å². The molecule has 6 heteroatoms. The Morgan fingerprint density at radius 2 is 2.04 bits per heavy atom. The number of amides is 2. The second kappa shape index (κ2) is 6.72. The van der Waals surface area contributed by atoms with E-state index in [9.17, 15) is 9.90 Å². The molecule has 2 amide bonds. The molecule has 0 aliphatic rings. The van der Waals surface area contributed by atoms with Crippen LogP contribution in [0.3, 0.4) is 0 Å². The van der Waals surface area contributed by atoms with Gasteiger partial charge in [0, 0.05) is 18.1 Å². The van der Waals surface area contributed by atoms with Crippen LogP contribution in [0.4, 0.5) is 4.79 Å². The molecule has 124 valence electrons. The van der Waals surface area contributed by atoms with Gasteiger partial charge in [-0.15, -0.1) is 0 Å². The number of carbonyl (C=O) groups excluding carboxylic acids is 1. The van der Waals surface area contributed by atoms with Gasteiger partial charge < -0.3 is 20.2 Å². The SMILES string of the molecule is CC(O)(CNC(=O)NCc1cccc2cccnc12)c1ccco1. The molecule has 0 radical (unpaired) electrons. The van der Waals surface area contributed by atoms with Crippen molar-refractivity contribution in [3.8, 4) is 0 Å². The normalized spacial score (nSPS) is 13.4. The van der Waals surface area contributed by atoms with Crippen LogP contribution in [0.25, 0.3) is 10.9 Å². The lowest BCUT2D eigenvalue weighted by molar-refractivity contribution is 0.0367. The van der Waals surface area contributed by atoms with Gasteiger partial charge in [0.2, 0.25) is 0 Å². The molecule has 24 heavy (non-hydrogen) atoms. The summed E-state index contributed by atoms with van der Waals surface area (Å²) in [7, 11) is 0. The van der Waals surface area contributed by atoms with Gasteiger partial charge in [0.15, 0.2) is 0 Å².